The molecule has 2 rings (SSSR count). The highest BCUT2D eigenvalue weighted by atomic mass is 16.6. The maximum atomic E-state index is 10.9. The van der Waals surface area contributed by atoms with Crippen LogP contribution in [0.25, 0.3) is 5.76 Å². The number of hydrogen-bond donors (Lipinski definition) is 2. The van der Waals surface area contributed by atoms with Gasteiger partial charge in [0.1, 0.15) is 29.8 Å². The van der Waals surface area contributed by atoms with Gasteiger partial charge in [-0.05, 0) is 26.0 Å². The van der Waals surface area contributed by atoms with E-state index in [1.165, 1.54) is 25.3 Å². The number of aliphatic hydroxyl groups is 2. The number of aromatic nitrogens is 1. The van der Waals surface area contributed by atoms with E-state index in [2.05, 4.69) is 4.98 Å². The molecule has 0 fully saturated rings. The van der Waals surface area contributed by atoms with Crippen LogP contribution >= 0.6 is 0 Å². The minimum absolute atomic E-state index is 0.167. The molecule has 1 aliphatic rings. The van der Waals surface area contributed by atoms with Crippen molar-refractivity contribution in [1.82, 2.24) is 4.98 Å². The molecule has 7 nitrogen and oxygen atoms in total. The third kappa shape index (κ3) is 2.29. The van der Waals surface area contributed by atoms with Crippen molar-refractivity contribution in [3.05, 3.63) is 40.2 Å². The van der Waals surface area contributed by atoms with E-state index in [9.17, 15) is 20.3 Å². The van der Waals surface area contributed by atoms with E-state index in [0.717, 1.165) is 6.20 Å². The van der Waals surface area contributed by atoms with Gasteiger partial charge in [-0.25, -0.2) is 0 Å². The van der Waals surface area contributed by atoms with E-state index in [1.54, 1.807) is 6.92 Å². The van der Waals surface area contributed by atoms with Crippen LogP contribution in [-0.2, 0) is 4.74 Å². The molecule has 7 heteroatoms. The molecular weight excluding hydrogens is 252 g/mol. The number of nitro groups is 1. The average Bonchev–Trinajstić information content (AvgIpc) is 2.36. The van der Waals surface area contributed by atoms with Gasteiger partial charge in [-0.15, -0.1) is 0 Å². The van der Waals surface area contributed by atoms with Crippen LogP contribution < -0.4 is 0 Å². The quantitative estimate of drug-likeness (QED) is 0.607. The second-order valence-electron chi connectivity index (χ2n) is 4.61. The fourth-order valence-electron chi connectivity index (χ4n) is 1.79. The van der Waals surface area contributed by atoms with Crippen molar-refractivity contribution in [2.24, 2.45) is 0 Å². The Labute approximate surface area is 109 Å². The third-order valence-corrected chi connectivity index (χ3v) is 3.30. The normalized spacial score (nSPS) is 30.4. The minimum Gasteiger partial charge on any atom is -0.487 e. The molecule has 2 N–H and O–H groups in total. The van der Waals surface area contributed by atoms with E-state index in [0.29, 0.717) is 0 Å². The van der Waals surface area contributed by atoms with Gasteiger partial charge in [0.25, 0.3) is 5.69 Å². The molecule has 2 heterocycles. The Morgan fingerprint density at radius 2 is 2.26 bits per heavy atom. The van der Waals surface area contributed by atoms with E-state index < -0.39 is 22.7 Å². The lowest BCUT2D eigenvalue weighted by Gasteiger charge is -2.38. The molecule has 0 spiro atoms. The molecule has 19 heavy (non-hydrogen) atoms. The topological polar surface area (TPSA) is 106 Å². The minimum atomic E-state index is -1.44. The highest BCUT2D eigenvalue weighted by molar-refractivity contribution is 5.69. The molecular formula is C12H14N2O5. The largest absolute Gasteiger partial charge is 0.487 e. The van der Waals surface area contributed by atoms with Gasteiger partial charge in [-0.2, -0.15) is 0 Å². The van der Waals surface area contributed by atoms with Gasteiger partial charge >= 0.3 is 0 Å². The first-order valence-corrected chi connectivity index (χ1v) is 5.71. The van der Waals surface area contributed by atoms with Gasteiger partial charge in [0.2, 0.25) is 0 Å². The summed E-state index contributed by atoms with van der Waals surface area (Å²) in [6.45, 7) is 3.03. The number of pyridine rings is 1. The molecule has 3 unspecified atom stereocenters. The number of ether oxygens (including phenoxy) is 1. The van der Waals surface area contributed by atoms with Crippen LogP contribution in [0.15, 0.2) is 24.5 Å². The molecule has 3 atom stereocenters. The van der Waals surface area contributed by atoms with E-state index in [-0.39, 0.29) is 17.0 Å². The summed E-state index contributed by atoms with van der Waals surface area (Å²) in [6, 6.07) is 1.43. The summed E-state index contributed by atoms with van der Waals surface area (Å²) in [5.41, 5.74) is -1.43. The Morgan fingerprint density at radius 1 is 1.58 bits per heavy atom. The molecule has 1 aliphatic heterocycles. The molecule has 0 saturated carbocycles. The molecule has 0 aromatic carbocycles. The molecule has 102 valence electrons. The second-order valence-corrected chi connectivity index (χ2v) is 4.61. The predicted octanol–water partition coefficient (Wildman–Crippen LogP) is 0.861. The van der Waals surface area contributed by atoms with Crippen molar-refractivity contribution in [3.8, 4) is 0 Å². The van der Waals surface area contributed by atoms with Crippen LogP contribution in [0.1, 0.15) is 19.4 Å². The fraction of sp³-hybridized carbons (Fsp3) is 0.417. The van der Waals surface area contributed by atoms with Crippen molar-refractivity contribution in [1.29, 1.82) is 0 Å². The van der Waals surface area contributed by atoms with Crippen LogP contribution in [0.4, 0.5) is 5.69 Å². The second kappa shape index (κ2) is 4.60. The van der Waals surface area contributed by atoms with E-state index in [4.69, 9.17) is 4.74 Å². The molecule has 0 radical (unpaired) electrons. The summed E-state index contributed by atoms with van der Waals surface area (Å²) >= 11 is 0. The van der Waals surface area contributed by atoms with Gasteiger partial charge in [0, 0.05) is 6.20 Å². The zero-order valence-electron chi connectivity index (χ0n) is 10.5. The van der Waals surface area contributed by atoms with Crippen molar-refractivity contribution in [2.45, 2.75) is 31.7 Å². The first kappa shape index (κ1) is 13.4. The summed E-state index contributed by atoms with van der Waals surface area (Å²) in [7, 11) is 0. The maximum Gasteiger partial charge on any atom is 0.298 e. The Hall–Kier alpha value is -1.99. The predicted molar refractivity (Wildman–Crippen MR) is 66.0 cm³/mol. The summed E-state index contributed by atoms with van der Waals surface area (Å²) in [5.74, 6) is 0.167. The van der Waals surface area contributed by atoms with Gasteiger partial charge in [0.05, 0.1) is 10.5 Å². The molecule has 1 aromatic heterocycles. The van der Waals surface area contributed by atoms with E-state index in [1.807, 2.05) is 0 Å². The number of hydrogen-bond acceptors (Lipinski definition) is 6. The number of rotatable bonds is 2. The summed E-state index contributed by atoms with van der Waals surface area (Å²) in [6.07, 6.45) is 1.91. The molecule has 0 bridgehead atoms. The molecule has 1 aromatic rings. The van der Waals surface area contributed by atoms with E-state index >= 15 is 0 Å². The highest BCUT2D eigenvalue weighted by Crippen LogP contribution is 2.34. The van der Waals surface area contributed by atoms with Crippen molar-refractivity contribution < 1.29 is 19.9 Å². The molecule has 0 amide bonds. The maximum absolute atomic E-state index is 10.9. The van der Waals surface area contributed by atoms with Crippen LogP contribution in [-0.4, -0.2) is 37.9 Å². The zero-order valence-corrected chi connectivity index (χ0v) is 10.5. The monoisotopic (exact) mass is 266 g/mol. The van der Waals surface area contributed by atoms with Crippen molar-refractivity contribution in [3.63, 3.8) is 0 Å². The number of aliphatic hydroxyl groups excluding tert-OH is 1. The molecule has 0 aliphatic carbocycles. The highest BCUT2D eigenvalue weighted by Gasteiger charge is 2.41. The SMILES string of the molecule is CC1OC(c2ccncc2[N+](=O)[O-])=CC(O)C1(C)O. The Morgan fingerprint density at radius 3 is 2.84 bits per heavy atom. The van der Waals surface area contributed by atoms with Crippen molar-refractivity contribution >= 4 is 11.4 Å². The lowest BCUT2D eigenvalue weighted by atomic mass is 9.89. The first-order valence-electron chi connectivity index (χ1n) is 5.71. The van der Waals surface area contributed by atoms with Crippen LogP contribution in [0.2, 0.25) is 0 Å². The Bertz CT molecular complexity index is 541. The van der Waals surface area contributed by atoms with Gasteiger partial charge in [0.15, 0.2) is 0 Å². The zero-order chi connectivity index (χ0) is 14.2. The lowest BCUT2D eigenvalue weighted by Crippen LogP contribution is -2.50. The van der Waals surface area contributed by atoms with Gasteiger partial charge in [-0.1, -0.05) is 0 Å². The standard InChI is InChI=1S/C12H14N2O5/c1-7-12(2,16)11(15)5-10(19-7)8-3-4-13-6-9(8)14(17)18/h3-7,11,15-16H,1-2H3. The Kier molecular flexibility index (Phi) is 3.25. The lowest BCUT2D eigenvalue weighted by molar-refractivity contribution is -0.385. The summed E-state index contributed by atoms with van der Waals surface area (Å²) in [5, 5.41) is 30.8. The van der Waals surface area contributed by atoms with Crippen molar-refractivity contribution in [2.75, 3.05) is 0 Å². The smallest absolute Gasteiger partial charge is 0.298 e. The van der Waals surface area contributed by atoms with Gasteiger partial charge < -0.3 is 14.9 Å². The third-order valence-electron chi connectivity index (χ3n) is 3.30. The van der Waals surface area contributed by atoms with Crippen LogP contribution in [0, 0.1) is 10.1 Å². The fourth-order valence-corrected chi connectivity index (χ4v) is 1.79. The first-order chi connectivity index (χ1) is 8.84. The average molecular weight is 266 g/mol. The van der Waals surface area contributed by atoms with Crippen LogP contribution in [0.5, 0.6) is 0 Å². The number of nitrogens with zero attached hydrogens (tertiary/aromatic N) is 2. The summed E-state index contributed by atoms with van der Waals surface area (Å²) in [4.78, 5) is 14.0. The Balaban J connectivity index is 2.47. The van der Waals surface area contributed by atoms with Crippen LogP contribution in [0.3, 0.4) is 0 Å². The summed E-state index contributed by atoms with van der Waals surface area (Å²) < 4.78 is 5.47. The molecule has 0 saturated heterocycles. The van der Waals surface area contributed by atoms with Gasteiger partial charge in [-0.3, -0.25) is 15.1 Å².